The van der Waals surface area contributed by atoms with E-state index in [2.05, 4.69) is 223 Å². The highest BCUT2D eigenvalue weighted by Crippen LogP contribution is 2.47. The smallest absolute Gasteiger partial charge is 0.0465 e. The molecule has 11 aromatic carbocycles. The Labute approximate surface area is 351 Å². The standard InChI is InChI=1S/C34H22.C24H15NS/c1-3-15-25-23(11-1)13-9-21-27(25)33-29-17-5-7-19-31(29)34(32-20-8-6-18-30(32)33)28-22-10-14-24-12-2-4-16-26(24)28;1-3-10-21-17(6-1)20-14-15(12-13-22(20)25-21)16-8-5-9-19-18-7-2-4-11-23(18)26-24(16)19/h1-22H;1-14,25H. The molecule has 0 saturated carbocycles. The summed E-state index contributed by atoms with van der Waals surface area (Å²) in [5, 5.41) is 15.6. The van der Waals surface area contributed by atoms with Gasteiger partial charge < -0.3 is 4.98 Å². The number of rotatable bonds is 3. The van der Waals surface area contributed by atoms with Crippen LogP contribution >= 0.6 is 11.3 Å². The van der Waals surface area contributed by atoms with Crippen LogP contribution in [-0.2, 0) is 0 Å². The molecule has 13 rings (SSSR count). The van der Waals surface area contributed by atoms with Crippen molar-refractivity contribution in [3.63, 3.8) is 0 Å². The van der Waals surface area contributed by atoms with Crippen molar-refractivity contribution < 1.29 is 0 Å². The van der Waals surface area contributed by atoms with Crippen molar-refractivity contribution in [1.29, 1.82) is 0 Å². The molecular formula is C58H37NS. The van der Waals surface area contributed by atoms with E-state index < -0.39 is 0 Å². The summed E-state index contributed by atoms with van der Waals surface area (Å²) in [5.74, 6) is 0. The predicted octanol–water partition coefficient (Wildman–Crippen LogP) is 17.0. The molecule has 13 aromatic rings. The third kappa shape index (κ3) is 5.53. The van der Waals surface area contributed by atoms with Crippen LogP contribution in [0, 0.1) is 0 Å². The zero-order valence-corrected chi connectivity index (χ0v) is 33.5. The van der Waals surface area contributed by atoms with Crippen LogP contribution in [0.1, 0.15) is 0 Å². The van der Waals surface area contributed by atoms with E-state index in [1.54, 1.807) is 0 Å². The Morgan fingerprint density at radius 3 is 1.33 bits per heavy atom. The van der Waals surface area contributed by atoms with E-state index in [1.165, 1.54) is 118 Å². The quantitative estimate of drug-likeness (QED) is 0.172. The second-order valence-electron chi connectivity index (χ2n) is 15.6. The molecule has 0 atom stereocenters. The van der Waals surface area contributed by atoms with Gasteiger partial charge in [0.15, 0.2) is 0 Å². The first-order valence-corrected chi connectivity index (χ1v) is 21.4. The maximum Gasteiger partial charge on any atom is 0.0465 e. The molecule has 0 aliphatic rings. The summed E-state index contributed by atoms with van der Waals surface area (Å²) in [4.78, 5) is 3.52. The predicted molar refractivity (Wildman–Crippen MR) is 261 cm³/mol. The fraction of sp³-hybridized carbons (Fsp3) is 0. The number of aromatic amines is 1. The van der Waals surface area contributed by atoms with Crippen molar-refractivity contribution in [2.45, 2.75) is 0 Å². The first-order chi connectivity index (χ1) is 29.8. The van der Waals surface area contributed by atoms with E-state index in [1.807, 2.05) is 11.3 Å². The van der Waals surface area contributed by atoms with E-state index in [-0.39, 0.29) is 0 Å². The average Bonchev–Trinajstić information content (AvgIpc) is 3.89. The highest BCUT2D eigenvalue weighted by molar-refractivity contribution is 7.26. The van der Waals surface area contributed by atoms with E-state index >= 15 is 0 Å². The SMILES string of the molecule is c1ccc2c(-c3c4ccccc4c(-c4cccc5ccccc45)c4ccccc34)cccc2c1.c1ccc2c(c1)[nH]c1ccc(-c3cccc4c3sc3ccccc34)cc12. The van der Waals surface area contributed by atoms with Crippen LogP contribution < -0.4 is 0 Å². The number of fused-ring (bicyclic) bond motifs is 10. The largest absolute Gasteiger partial charge is 0.355 e. The number of aromatic nitrogens is 1. The van der Waals surface area contributed by atoms with E-state index in [4.69, 9.17) is 0 Å². The summed E-state index contributed by atoms with van der Waals surface area (Å²) >= 11 is 1.89. The molecule has 0 radical (unpaired) electrons. The van der Waals surface area contributed by atoms with E-state index in [9.17, 15) is 0 Å². The monoisotopic (exact) mass is 779 g/mol. The van der Waals surface area contributed by atoms with Crippen molar-refractivity contribution >= 4 is 96.4 Å². The topological polar surface area (TPSA) is 15.8 Å². The minimum absolute atomic E-state index is 1.19. The average molecular weight is 780 g/mol. The van der Waals surface area contributed by atoms with Crippen molar-refractivity contribution in [1.82, 2.24) is 4.98 Å². The summed E-state index contributed by atoms with van der Waals surface area (Å²) < 4.78 is 2.72. The highest BCUT2D eigenvalue weighted by atomic mass is 32.1. The summed E-state index contributed by atoms with van der Waals surface area (Å²) in [5.41, 5.74) is 10.2. The van der Waals surface area contributed by atoms with Gasteiger partial charge in [0.05, 0.1) is 0 Å². The van der Waals surface area contributed by atoms with E-state index in [0.29, 0.717) is 0 Å². The molecule has 2 heterocycles. The zero-order chi connectivity index (χ0) is 39.6. The van der Waals surface area contributed by atoms with Gasteiger partial charge in [0, 0.05) is 42.0 Å². The van der Waals surface area contributed by atoms with Gasteiger partial charge in [-0.25, -0.2) is 0 Å². The highest BCUT2D eigenvalue weighted by Gasteiger charge is 2.19. The lowest BCUT2D eigenvalue weighted by Crippen LogP contribution is -1.92. The number of para-hydroxylation sites is 1. The van der Waals surface area contributed by atoms with Crippen LogP contribution in [0.25, 0.3) is 118 Å². The molecule has 2 aromatic heterocycles. The lowest BCUT2D eigenvalue weighted by Gasteiger charge is -2.19. The zero-order valence-electron chi connectivity index (χ0n) is 32.7. The lowest BCUT2D eigenvalue weighted by atomic mass is 9.84. The number of H-pyrrole nitrogens is 1. The summed E-state index contributed by atoms with van der Waals surface area (Å²) in [6.07, 6.45) is 0. The third-order valence-electron chi connectivity index (χ3n) is 12.3. The third-order valence-corrected chi connectivity index (χ3v) is 13.5. The maximum atomic E-state index is 3.52. The Balaban J connectivity index is 0.000000134. The van der Waals surface area contributed by atoms with Crippen LogP contribution in [0.4, 0.5) is 0 Å². The Morgan fingerprint density at radius 1 is 0.283 bits per heavy atom. The van der Waals surface area contributed by atoms with Crippen LogP contribution in [0.15, 0.2) is 218 Å². The van der Waals surface area contributed by atoms with Gasteiger partial charge in [0.25, 0.3) is 0 Å². The second kappa shape index (κ2) is 14.1. The molecule has 1 N–H and O–H groups in total. The lowest BCUT2D eigenvalue weighted by molar-refractivity contribution is 1.55. The number of benzene rings is 11. The molecule has 0 aliphatic carbocycles. The molecule has 0 unspecified atom stereocenters. The molecule has 0 bridgehead atoms. The van der Waals surface area contributed by atoms with Crippen molar-refractivity contribution in [3.05, 3.63) is 218 Å². The Bertz CT molecular complexity index is 3590. The normalized spacial score (nSPS) is 11.7. The number of hydrogen-bond acceptors (Lipinski definition) is 1. The van der Waals surface area contributed by atoms with Gasteiger partial charge in [-0.15, -0.1) is 11.3 Å². The van der Waals surface area contributed by atoms with Crippen LogP contribution in [0.3, 0.4) is 0 Å². The van der Waals surface area contributed by atoms with Gasteiger partial charge >= 0.3 is 0 Å². The van der Waals surface area contributed by atoms with Gasteiger partial charge in [0.1, 0.15) is 0 Å². The Hall–Kier alpha value is -7.52. The molecule has 0 amide bonds. The first kappa shape index (κ1) is 34.5. The number of nitrogens with one attached hydrogen (secondary N) is 1. The van der Waals surface area contributed by atoms with Crippen molar-refractivity contribution in [2.75, 3.05) is 0 Å². The fourth-order valence-corrected chi connectivity index (χ4v) is 10.8. The number of thiophene rings is 1. The van der Waals surface area contributed by atoms with Crippen LogP contribution in [0.2, 0.25) is 0 Å². The van der Waals surface area contributed by atoms with Gasteiger partial charge in [-0.1, -0.05) is 194 Å². The van der Waals surface area contributed by atoms with Gasteiger partial charge in [-0.2, -0.15) is 0 Å². The molecule has 60 heavy (non-hydrogen) atoms. The molecule has 0 fully saturated rings. The minimum Gasteiger partial charge on any atom is -0.355 e. The molecule has 1 nitrogen and oxygen atoms in total. The number of hydrogen-bond donors (Lipinski definition) is 1. The molecule has 0 aliphatic heterocycles. The Kier molecular flexibility index (Phi) is 8.11. The van der Waals surface area contributed by atoms with Crippen molar-refractivity contribution in [2.24, 2.45) is 0 Å². The summed E-state index contributed by atoms with van der Waals surface area (Å²) in [6, 6.07) is 79.1. The Morgan fingerprint density at radius 2 is 0.717 bits per heavy atom. The van der Waals surface area contributed by atoms with Crippen LogP contribution in [0.5, 0.6) is 0 Å². The maximum absolute atomic E-state index is 3.52. The molecule has 0 saturated heterocycles. The molecule has 0 spiro atoms. The fourth-order valence-electron chi connectivity index (χ4n) is 9.59. The summed E-state index contributed by atoms with van der Waals surface area (Å²) in [7, 11) is 0. The van der Waals surface area contributed by atoms with Gasteiger partial charge in [-0.05, 0) is 101 Å². The first-order valence-electron chi connectivity index (χ1n) is 20.6. The molecular weight excluding hydrogens is 743 g/mol. The van der Waals surface area contributed by atoms with Crippen molar-refractivity contribution in [3.8, 4) is 33.4 Å². The van der Waals surface area contributed by atoms with Gasteiger partial charge in [0.2, 0.25) is 0 Å². The van der Waals surface area contributed by atoms with Crippen LogP contribution in [-0.4, -0.2) is 4.98 Å². The minimum atomic E-state index is 1.19. The van der Waals surface area contributed by atoms with E-state index in [0.717, 1.165) is 0 Å². The molecule has 280 valence electrons. The summed E-state index contributed by atoms with van der Waals surface area (Å²) in [6.45, 7) is 0. The molecule has 2 heteroatoms. The second-order valence-corrected chi connectivity index (χ2v) is 16.7. The van der Waals surface area contributed by atoms with Gasteiger partial charge in [-0.3, -0.25) is 0 Å².